The molecule has 1 aliphatic rings. The molecule has 0 radical (unpaired) electrons. The second-order valence-electron chi connectivity index (χ2n) is 3.80. The average Bonchev–Trinajstić information content (AvgIpc) is 2.72. The van der Waals surface area contributed by atoms with Gasteiger partial charge < -0.3 is 9.84 Å². The summed E-state index contributed by atoms with van der Waals surface area (Å²) < 4.78 is 5.59. The van der Waals surface area contributed by atoms with Gasteiger partial charge in [-0.2, -0.15) is 11.3 Å². The van der Waals surface area contributed by atoms with E-state index in [0.29, 0.717) is 0 Å². The van der Waals surface area contributed by atoms with E-state index in [0.717, 1.165) is 25.0 Å². The molecule has 0 spiro atoms. The minimum absolute atomic E-state index is 0.263. The van der Waals surface area contributed by atoms with Crippen LogP contribution in [0.2, 0.25) is 0 Å². The van der Waals surface area contributed by atoms with Crippen LogP contribution in [0.15, 0.2) is 16.8 Å². The topological polar surface area (TPSA) is 29.5 Å². The maximum absolute atomic E-state index is 9.89. The normalized spacial score (nSPS) is 24.8. The Hall–Kier alpha value is -0.380. The van der Waals surface area contributed by atoms with Crippen LogP contribution in [0.3, 0.4) is 0 Å². The van der Waals surface area contributed by atoms with Crippen molar-refractivity contribution in [3.8, 4) is 0 Å². The van der Waals surface area contributed by atoms with Crippen LogP contribution in [0.1, 0.15) is 37.4 Å². The lowest BCUT2D eigenvalue weighted by Gasteiger charge is -2.24. The van der Waals surface area contributed by atoms with Crippen molar-refractivity contribution in [3.05, 3.63) is 22.4 Å². The van der Waals surface area contributed by atoms with E-state index < -0.39 is 0 Å². The molecular formula is C11H16O2S. The lowest BCUT2D eigenvalue weighted by Crippen LogP contribution is -2.21. The van der Waals surface area contributed by atoms with Crippen LogP contribution in [-0.4, -0.2) is 17.8 Å². The Balaban J connectivity index is 1.84. The molecule has 1 N–H and O–H groups in total. The highest BCUT2D eigenvalue weighted by Crippen LogP contribution is 2.25. The van der Waals surface area contributed by atoms with Gasteiger partial charge in [-0.1, -0.05) is 0 Å². The van der Waals surface area contributed by atoms with Gasteiger partial charge in [0.05, 0.1) is 12.2 Å². The molecule has 1 aromatic rings. The maximum Gasteiger partial charge on any atom is 0.0822 e. The molecule has 78 valence electrons. The van der Waals surface area contributed by atoms with Crippen molar-refractivity contribution in [2.45, 2.75) is 37.9 Å². The fourth-order valence-corrected chi connectivity index (χ4v) is 2.55. The van der Waals surface area contributed by atoms with E-state index >= 15 is 0 Å². The Morgan fingerprint density at radius 3 is 3.14 bits per heavy atom. The quantitative estimate of drug-likeness (QED) is 0.834. The molecule has 1 saturated heterocycles. The van der Waals surface area contributed by atoms with E-state index in [1.807, 2.05) is 16.8 Å². The lowest BCUT2D eigenvalue weighted by atomic mass is 10.0. The summed E-state index contributed by atoms with van der Waals surface area (Å²) in [5.74, 6) is 0. The largest absolute Gasteiger partial charge is 0.388 e. The SMILES string of the molecule is OC(CC1CCCCO1)c1ccsc1. The van der Waals surface area contributed by atoms with Gasteiger partial charge in [0.25, 0.3) is 0 Å². The Morgan fingerprint density at radius 1 is 1.57 bits per heavy atom. The van der Waals surface area contributed by atoms with Gasteiger partial charge in [0, 0.05) is 13.0 Å². The van der Waals surface area contributed by atoms with E-state index in [1.165, 1.54) is 12.8 Å². The number of thiophene rings is 1. The molecule has 0 aromatic carbocycles. The van der Waals surface area contributed by atoms with Crippen LogP contribution in [0.4, 0.5) is 0 Å². The Bertz CT molecular complexity index is 252. The number of aliphatic hydroxyl groups excluding tert-OH is 1. The first kappa shape index (κ1) is 10.1. The molecule has 2 atom stereocenters. The van der Waals surface area contributed by atoms with Crippen molar-refractivity contribution in [1.82, 2.24) is 0 Å². The van der Waals surface area contributed by atoms with E-state index in [-0.39, 0.29) is 12.2 Å². The summed E-state index contributed by atoms with van der Waals surface area (Å²) >= 11 is 1.63. The van der Waals surface area contributed by atoms with Crippen LogP contribution in [0.5, 0.6) is 0 Å². The van der Waals surface area contributed by atoms with Crippen molar-refractivity contribution in [3.63, 3.8) is 0 Å². The average molecular weight is 212 g/mol. The highest BCUT2D eigenvalue weighted by Gasteiger charge is 2.19. The fourth-order valence-electron chi connectivity index (χ4n) is 1.84. The van der Waals surface area contributed by atoms with Gasteiger partial charge in [0.1, 0.15) is 0 Å². The van der Waals surface area contributed by atoms with Crippen molar-refractivity contribution < 1.29 is 9.84 Å². The summed E-state index contributed by atoms with van der Waals surface area (Å²) in [6, 6.07) is 1.98. The zero-order valence-electron chi connectivity index (χ0n) is 8.19. The van der Waals surface area contributed by atoms with E-state index in [1.54, 1.807) is 11.3 Å². The van der Waals surface area contributed by atoms with E-state index in [4.69, 9.17) is 4.74 Å². The van der Waals surface area contributed by atoms with Crippen LogP contribution < -0.4 is 0 Å². The lowest BCUT2D eigenvalue weighted by molar-refractivity contribution is -0.0154. The summed E-state index contributed by atoms with van der Waals surface area (Å²) in [6.45, 7) is 0.862. The Kier molecular flexibility index (Phi) is 3.56. The van der Waals surface area contributed by atoms with Gasteiger partial charge in [-0.25, -0.2) is 0 Å². The molecule has 1 aliphatic heterocycles. The number of aliphatic hydroxyl groups is 1. The minimum Gasteiger partial charge on any atom is -0.388 e. The predicted molar refractivity (Wildman–Crippen MR) is 57.5 cm³/mol. The molecule has 2 nitrogen and oxygen atoms in total. The predicted octanol–water partition coefficient (Wildman–Crippen LogP) is 2.74. The smallest absolute Gasteiger partial charge is 0.0822 e. The van der Waals surface area contributed by atoms with Crippen molar-refractivity contribution in [2.24, 2.45) is 0 Å². The van der Waals surface area contributed by atoms with Crippen LogP contribution >= 0.6 is 11.3 Å². The monoisotopic (exact) mass is 212 g/mol. The van der Waals surface area contributed by atoms with Crippen molar-refractivity contribution in [2.75, 3.05) is 6.61 Å². The Morgan fingerprint density at radius 2 is 2.50 bits per heavy atom. The summed E-state index contributed by atoms with van der Waals surface area (Å²) in [4.78, 5) is 0. The maximum atomic E-state index is 9.89. The second kappa shape index (κ2) is 4.91. The summed E-state index contributed by atoms with van der Waals surface area (Å²) in [6.07, 6.45) is 4.17. The third-order valence-electron chi connectivity index (χ3n) is 2.69. The van der Waals surface area contributed by atoms with Gasteiger partial charge in [-0.05, 0) is 41.7 Å². The molecule has 14 heavy (non-hydrogen) atoms. The van der Waals surface area contributed by atoms with Gasteiger partial charge in [0.2, 0.25) is 0 Å². The summed E-state index contributed by atoms with van der Waals surface area (Å²) in [5, 5.41) is 13.9. The number of ether oxygens (including phenoxy) is 1. The molecule has 2 unspecified atom stereocenters. The van der Waals surface area contributed by atoms with Gasteiger partial charge in [-0.15, -0.1) is 0 Å². The zero-order chi connectivity index (χ0) is 9.80. The van der Waals surface area contributed by atoms with Crippen LogP contribution in [-0.2, 0) is 4.74 Å². The third-order valence-corrected chi connectivity index (χ3v) is 3.39. The molecule has 1 fully saturated rings. The van der Waals surface area contributed by atoms with Gasteiger partial charge in [0.15, 0.2) is 0 Å². The Labute approximate surface area is 88.5 Å². The third kappa shape index (κ3) is 2.56. The standard InChI is InChI=1S/C11H16O2S/c12-11(9-4-6-14-8-9)7-10-3-1-2-5-13-10/h4,6,8,10-12H,1-3,5,7H2. The molecule has 0 bridgehead atoms. The molecule has 2 heterocycles. The molecule has 3 heteroatoms. The number of rotatable bonds is 3. The summed E-state index contributed by atoms with van der Waals surface area (Å²) in [5.41, 5.74) is 1.03. The number of hydrogen-bond acceptors (Lipinski definition) is 3. The zero-order valence-corrected chi connectivity index (χ0v) is 9.00. The van der Waals surface area contributed by atoms with Crippen molar-refractivity contribution >= 4 is 11.3 Å². The first-order chi connectivity index (χ1) is 6.86. The molecule has 0 aliphatic carbocycles. The van der Waals surface area contributed by atoms with Crippen molar-refractivity contribution in [1.29, 1.82) is 0 Å². The molecule has 2 rings (SSSR count). The van der Waals surface area contributed by atoms with Crippen LogP contribution in [0.25, 0.3) is 0 Å². The second-order valence-corrected chi connectivity index (χ2v) is 4.58. The highest BCUT2D eigenvalue weighted by molar-refractivity contribution is 7.07. The minimum atomic E-state index is -0.343. The fraction of sp³-hybridized carbons (Fsp3) is 0.636. The first-order valence-corrected chi connectivity index (χ1v) is 6.12. The van der Waals surface area contributed by atoms with Gasteiger partial charge in [-0.3, -0.25) is 0 Å². The molecule has 0 amide bonds. The first-order valence-electron chi connectivity index (χ1n) is 5.18. The van der Waals surface area contributed by atoms with E-state index in [2.05, 4.69) is 0 Å². The molecule has 1 aromatic heterocycles. The van der Waals surface area contributed by atoms with Crippen LogP contribution in [0, 0.1) is 0 Å². The molecule has 0 saturated carbocycles. The number of hydrogen-bond donors (Lipinski definition) is 1. The van der Waals surface area contributed by atoms with E-state index in [9.17, 15) is 5.11 Å². The highest BCUT2D eigenvalue weighted by atomic mass is 32.1. The molecular weight excluding hydrogens is 196 g/mol. The van der Waals surface area contributed by atoms with Gasteiger partial charge >= 0.3 is 0 Å². The summed E-state index contributed by atoms with van der Waals surface area (Å²) in [7, 11) is 0.